The molecule has 8 heteroatoms. The van der Waals surface area contributed by atoms with Gasteiger partial charge < -0.3 is 9.80 Å². The fourth-order valence-corrected chi connectivity index (χ4v) is 6.66. The second-order valence-corrected chi connectivity index (χ2v) is 10.3. The highest BCUT2D eigenvalue weighted by molar-refractivity contribution is 7.91. The summed E-state index contributed by atoms with van der Waals surface area (Å²) in [7, 11) is -3.72. The van der Waals surface area contributed by atoms with Gasteiger partial charge in [0.05, 0.1) is 0 Å². The molecule has 2 aliphatic rings. The van der Waals surface area contributed by atoms with Gasteiger partial charge in [-0.1, -0.05) is 37.3 Å². The first kappa shape index (κ1) is 19.6. The van der Waals surface area contributed by atoms with Crippen molar-refractivity contribution in [3.63, 3.8) is 0 Å². The lowest BCUT2D eigenvalue weighted by atomic mass is 9.95. The van der Waals surface area contributed by atoms with Crippen LogP contribution in [0.1, 0.15) is 18.1 Å². The molecule has 28 heavy (non-hydrogen) atoms. The van der Waals surface area contributed by atoms with Crippen molar-refractivity contribution in [2.24, 2.45) is 0 Å². The Kier molecular flexibility index (Phi) is 5.55. The third kappa shape index (κ3) is 3.61. The van der Waals surface area contributed by atoms with Gasteiger partial charge in [-0.15, -0.1) is 11.3 Å². The monoisotopic (exact) mass is 419 g/mol. The molecule has 2 aliphatic heterocycles. The van der Waals surface area contributed by atoms with Crippen molar-refractivity contribution in [1.29, 1.82) is 0 Å². The van der Waals surface area contributed by atoms with E-state index in [1.54, 1.807) is 17.5 Å². The maximum Gasteiger partial charge on any atom is 0.253 e. The molecule has 1 aromatic carbocycles. The summed E-state index contributed by atoms with van der Waals surface area (Å²) in [6.45, 7) is 6.30. The van der Waals surface area contributed by atoms with Gasteiger partial charge in [-0.3, -0.25) is 4.79 Å². The highest BCUT2D eigenvalue weighted by Gasteiger charge is 2.41. The number of carbonyl (C=O) groups excluding carboxylic acids is 1. The number of sulfonamides is 1. The summed E-state index contributed by atoms with van der Waals surface area (Å²) in [6.07, 6.45) is 0.424. The minimum absolute atomic E-state index is 0.0783. The molecule has 3 heterocycles. The van der Waals surface area contributed by atoms with Crippen LogP contribution in [0.2, 0.25) is 0 Å². The highest BCUT2D eigenvalue weighted by Crippen LogP contribution is 2.31. The zero-order chi connectivity index (χ0) is 19.7. The Hall–Kier alpha value is -1.74. The molecule has 0 unspecified atom stereocenters. The quantitative estimate of drug-likeness (QED) is 0.761. The molecular formula is C20H25N3O3S2. The Morgan fingerprint density at radius 2 is 1.79 bits per heavy atom. The molecule has 1 fully saturated rings. The first-order valence-corrected chi connectivity index (χ1v) is 12.0. The minimum atomic E-state index is -3.72. The lowest BCUT2D eigenvalue weighted by Crippen LogP contribution is -2.57. The molecule has 0 N–H and O–H groups in total. The van der Waals surface area contributed by atoms with Crippen molar-refractivity contribution < 1.29 is 13.2 Å². The zero-order valence-electron chi connectivity index (χ0n) is 16.0. The predicted molar refractivity (Wildman–Crippen MR) is 110 cm³/mol. The van der Waals surface area contributed by atoms with E-state index in [4.69, 9.17) is 0 Å². The first-order chi connectivity index (χ1) is 13.5. The molecule has 0 radical (unpaired) electrons. The van der Waals surface area contributed by atoms with E-state index in [-0.39, 0.29) is 12.5 Å². The second-order valence-electron chi connectivity index (χ2n) is 7.23. The van der Waals surface area contributed by atoms with Crippen LogP contribution in [-0.4, -0.2) is 67.2 Å². The van der Waals surface area contributed by atoms with Gasteiger partial charge in [0.1, 0.15) is 10.3 Å². The van der Waals surface area contributed by atoms with E-state index in [1.165, 1.54) is 15.6 Å². The van der Waals surface area contributed by atoms with Gasteiger partial charge in [-0.25, -0.2) is 8.42 Å². The Bertz CT molecular complexity index is 935. The second kappa shape index (κ2) is 7.94. The molecule has 1 amide bonds. The summed E-state index contributed by atoms with van der Waals surface area (Å²) in [6, 6.07) is 10.5. The Morgan fingerprint density at radius 1 is 1.07 bits per heavy atom. The number of rotatable bonds is 4. The van der Waals surface area contributed by atoms with Crippen molar-refractivity contribution in [2.45, 2.75) is 30.1 Å². The number of benzene rings is 1. The number of likely N-dealkylation sites (N-methyl/N-ethyl adjacent to an activating group) is 1. The third-order valence-electron chi connectivity index (χ3n) is 5.68. The molecular weight excluding hydrogens is 394 g/mol. The molecule has 1 atom stereocenters. The summed E-state index contributed by atoms with van der Waals surface area (Å²) in [4.78, 5) is 17.5. The van der Waals surface area contributed by atoms with Gasteiger partial charge >= 0.3 is 0 Å². The van der Waals surface area contributed by atoms with Crippen LogP contribution in [0.15, 0.2) is 46.0 Å². The molecule has 1 aromatic heterocycles. The summed E-state index contributed by atoms with van der Waals surface area (Å²) in [5.41, 5.74) is 2.04. The number of piperazine rings is 1. The summed E-state index contributed by atoms with van der Waals surface area (Å²) in [5.74, 6) is -0.0783. The van der Waals surface area contributed by atoms with Crippen LogP contribution in [0.5, 0.6) is 0 Å². The standard InChI is InChI=1S/C20H25N3O3S2/c1-2-21-9-11-22(12-10-21)20(24)18-14-16-6-3-4-7-17(16)15-23(18)28(25,26)19-8-5-13-27-19/h3-8,13,18H,2,9-12,14-15H2,1H3/t18-/m0/s1. The average molecular weight is 420 g/mol. The molecule has 2 aromatic rings. The molecule has 4 rings (SSSR count). The maximum absolute atomic E-state index is 13.4. The SMILES string of the molecule is CCN1CCN(C(=O)[C@@H]2Cc3ccccc3CN2S(=O)(=O)c2cccs2)CC1. The number of hydrogen-bond acceptors (Lipinski definition) is 5. The number of fused-ring (bicyclic) bond motifs is 1. The lowest BCUT2D eigenvalue weighted by Gasteiger charge is -2.40. The van der Waals surface area contributed by atoms with E-state index < -0.39 is 16.1 Å². The largest absolute Gasteiger partial charge is 0.339 e. The van der Waals surface area contributed by atoms with E-state index >= 15 is 0 Å². The Morgan fingerprint density at radius 3 is 2.43 bits per heavy atom. The highest BCUT2D eigenvalue weighted by atomic mass is 32.2. The number of hydrogen-bond donors (Lipinski definition) is 0. The number of carbonyl (C=O) groups is 1. The fraction of sp³-hybridized carbons (Fsp3) is 0.450. The first-order valence-electron chi connectivity index (χ1n) is 9.64. The molecule has 150 valence electrons. The molecule has 0 spiro atoms. The lowest BCUT2D eigenvalue weighted by molar-refractivity contribution is -0.137. The van der Waals surface area contributed by atoms with Crippen LogP contribution in [0.3, 0.4) is 0 Å². The maximum atomic E-state index is 13.4. The van der Waals surface area contributed by atoms with Crippen molar-refractivity contribution >= 4 is 27.3 Å². The number of amides is 1. The van der Waals surface area contributed by atoms with Gasteiger partial charge in [0.2, 0.25) is 5.91 Å². The molecule has 1 saturated heterocycles. The smallest absolute Gasteiger partial charge is 0.253 e. The Balaban J connectivity index is 1.65. The third-order valence-corrected chi connectivity index (χ3v) is 8.91. The van der Waals surface area contributed by atoms with Crippen LogP contribution in [0.4, 0.5) is 0 Å². The summed E-state index contributed by atoms with van der Waals surface area (Å²) >= 11 is 1.20. The average Bonchev–Trinajstić information content (AvgIpc) is 3.28. The number of thiophene rings is 1. The van der Waals surface area contributed by atoms with Gasteiger partial charge in [0.25, 0.3) is 10.0 Å². The van der Waals surface area contributed by atoms with Crippen molar-refractivity contribution in [2.75, 3.05) is 32.7 Å². The van der Waals surface area contributed by atoms with Crippen molar-refractivity contribution in [3.05, 3.63) is 52.9 Å². The van der Waals surface area contributed by atoms with Crippen LogP contribution in [0.25, 0.3) is 0 Å². The van der Waals surface area contributed by atoms with Crippen LogP contribution in [-0.2, 0) is 27.8 Å². The van der Waals surface area contributed by atoms with Crippen LogP contribution >= 0.6 is 11.3 Å². The van der Waals surface area contributed by atoms with E-state index in [0.717, 1.165) is 30.8 Å². The van der Waals surface area contributed by atoms with Crippen LogP contribution < -0.4 is 0 Å². The summed E-state index contributed by atoms with van der Waals surface area (Å²) < 4.78 is 28.3. The van der Waals surface area contributed by atoms with Crippen molar-refractivity contribution in [3.8, 4) is 0 Å². The summed E-state index contributed by atoms with van der Waals surface area (Å²) in [5, 5.41) is 1.76. The van der Waals surface area contributed by atoms with E-state index in [9.17, 15) is 13.2 Å². The normalized spacial score (nSPS) is 21.5. The van der Waals surface area contributed by atoms with Crippen molar-refractivity contribution in [1.82, 2.24) is 14.1 Å². The molecule has 0 bridgehead atoms. The topological polar surface area (TPSA) is 60.9 Å². The zero-order valence-corrected chi connectivity index (χ0v) is 17.6. The Labute approximate surface area is 170 Å². The van der Waals surface area contributed by atoms with E-state index in [2.05, 4.69) is 11.8 Å². The molecule has 0 saturated carbocycles. The van der Waals surface area contributed by atoms with Crippen LogP contribution in [0, 0.1) is 0 Å². The van der Waals surface area contributed by atoms with E-state index in [1.807, 2.05) is 29.2 Å². The van der Waals surface area contributed by atoms with Gasteiger partial charge in [0.15, 0.2) is 0 Å². The fourth-order valence-electron chi connectivity index (χ4n) is 3.98. The van der Waals surface area contributed by atoms with Gasteiger partial charge in [-0.05, 0) is 35.5 Å². The van der Waals surface area contributed by atoms with Gasteiger partial charge in [0, 0.05) is 32.7 Å². The molecule has 6 nitrogen and oxygen atoms in total. The van der Waals surface area contributed by atoms with E-state index in [0.29, 0.717) is 23.7 Å². The number of nitrogens with zero attached hydrogens (tertiary/aromatic N) is 3. The minimum Gasteiger partial charge on any atom is -0.339 e. The van der Waals surface area contributed by atoms with Gasteiger partial charge in [-0.2, -0.15) is 4.31 Å². The molecule has 0 aliphatic carbocycles. The predicted octanol–water partition coefficient (Wildman–Crippen LogP) is 2.03.